The summed E-state index contributed by atoms with van der Waals surface area (Å²) in [6, 6.07) is 9.51. The molecule has 4 atom stereocenters. The van der Waals surface area contributed by atoms with Crippen LogP contribution in [0.2, 0.25) is 0 Å². The highest BCUT2D eigenvalue weighted by molar-refractivity contribution is 8.00. The Kier molecular flexibility index (Phi) is 5.36. The summed E-state index contributed by atoms with van der Waals surface area (Å²) < 4.78 is 5.00. The number of hydrogen-bond donors (Lipinski definition) is 2. The first kappa shape index (κ1) is 18.2. The molecule has 1 aromatic carbocycles. The van der Waals surface area contributed by atoms with Crippen LogP contribution in [0.4, 0.5) is 4.79 Å². The summed E-state index contributed by atoms with van der Waals surface area (Å²) in [6.07, 6.45) is -0.440. The Labute approximate surface area is 151 Å². The van der Waals surface area contributed by atoms with Gasteiger partial charge < -0.3 is 9.84 Å². The van der Waals surface area contributed by atoms with E-state index >= 15 is 0 Å². The average Bonchev–Trinajstić information content (AvgIpc) is 2.94. The second kappa shape index (κ2) is 7.35. The fourth-order valence-corrected chi connectivity index (χ4v) is 4.46. The van der Waals surface area contributed by atoms with Crippen molar-refractivity contribution < 1.29 is 19.4 Å². The lowest BCUT2D eigenvalue weighted by molar-refractivity contribution is -0.126. The lowest BCUT2D eigenvalue weighted by atomic mass is 10.0. The summed E-state index contributed by atoms with van der Waals surface area (Å²) in [4.78, 5) is 26.5. The maximum absolute atomic E-state index is 12.6. The summed E-state index contributed by atoms with van der Waals surface area (Å²) in [5.41, 5.74) is 1.14. The Morgan fingerprint density at radius 3 is 2.68 bits per heavy atom. The minimum absolute atomic E-state index is 0.247. The van der Waals surface area contributed by atoms with Crippen molar-refractivity contribution in [1.29, 1.82) is 0 Å². The Morgan fingerprint density at radius 2 is 2.08 bits per heavy atom. The van der Waals surface area contributed by atoms with Gasteiger partial charge in [-0.15, -0.1) is 11.8 Å². The number of imide groups is 1. The van der Waals surface area contributed by atoms with Crippen molar-refractivity contribution >= 4 is 23.7 Å². The van der Waals surface area contributed by atoms with Crippen LogP contribution < -0.4 is 5.32 Å². The van der Waals surface area contributed by atoms with Crippen molar-refractivity contribution in [2.24, 2.45) is 0 Å². The van der Waals surface area contributed by atoms with E-state index in [-0.39, 0.29) is 18.6 Å². The van der Waals surface area contributed by atoms with Crippen molar-refractivity contribution in [1.82, 2.24) is 10.2 Å². The number of rotatable bonds is 5. The molecule has 2 N–H and O–H groups in total. The number of thioether (sulfide) groups is 1. The molecule has 0 radical (unpaired) electrons. The standard InChI is InChI=1S/C18H24N2O4S/c1-3-18(25-10-13-7-5-4-6-8-13)11-20(17(23)19-16(18)22)15-9-14(21)12(2)24-15/h4-8,12,14-15,21H,3,9-11H2,1-2H3,(H,19,22,23)/t12-,14+,15-,18?/m1/s1. The monoisotopic (exact) mass is 364 g/mol. The van der Waals surface area contributed by atoms with Gasteiger partial charge in [0, 0.05) is 18.7 Å². The van der Waals surface area contributed by atoms with Crippen LogP contribution in [0.1, 0.15) is 32.3 Å². The van der Waals surface area contributed by atoms with Gasteiger partial charge in [-0.05, 0) is 18.9 Å². The van der Waals surface area contributed by atoms with Crippen molar-refractivity contribution in [2.75, 3.05) is 6.54 Å². The molecule has 0 bridgehead atoms. The van der Waals surface area contributed by atoms with Crippen LogP contribution in [0.25, 0.3) is 0 Å². The first-order chi connectivity index (χ1) is 11.9. The van der Waals surface area contributed by atoms with Gasteiger partial charge in [0.15, 0.2) is 0 Å². The Balaban J connectivity index is 1.75. The lowest BCUT2D eigenvalue weighted by Crippen LogP contribution is -2.64. The molecule has 0 aromatic heterocycles. The molecule has 136 valence electrons. The quantitative estimate of drug-likeness (QED) is 0.837. The molecular weight excluding hydrogens is 340 g/mol. The number of carbonyl (C=O) groups is 2. The number of ether oxygens (including phenoxy) is 1. The van der Waals surface area contributed by atoms with Gasteiger partial charge >= 0.3 is 6.03 Å². The number of nitrogens with zero attached hydrogens (tertiary/aromatic N) is 1. The number of carbonyl (C=O) groups excluding carboxylic acids is 2. The zero-order valence-corrected chi connectivity index (χ0v) is 15.3. The fraction of sp³-hybridized carbons (Fsp3) is 0.556. The Hall–Kier alpha value is -1.57. The van der Waals surface area contributed by atoms with Crippen molar-refractivity contribution in [3.05, 3.63) is 35.9 Å². The third-order valence-corrected chi connectivity index (χ3v) is 6.59. The van der Waals surface area contributed by atoms with Crippen LogP contribution in [0, 0.1) is 0 Å². The number of benzene rings is 1. The Bertz CT molecular complexity index is 631. The zero-order valence-electron chi connectivity index (χ0n) is 14.5. The van der Waals surface area contributed by atoms with Crippen LogP contribution in [0.15, 0.2) is 30.3 Å². The van der Waals surface area contributed by atoms with E-state index < -0.39 is 23.1 Å². The molecule has 0 saturated carbocycles. The molecule has 6 nitrogen and oxygen atoms in total. The van der Waals surface area contributed by atoms with Gasteiger partial charge in [-0.25, -0.2) is 4.79 Å². The first-order valence-corrected chi connectivity index (χ1v) is 9.57. The highest BCUT2D eigenvalue weighted by Crippen LogP contribution is 2.37. The van der Waals surface area contributed by atoms with Gasteiger partial charge in [0.25, 0.3) is 0 Å². The van der Waals surface area contributed by atoms with Gasteiger partial charge in [-0.2, -0.15) is 0 Å². The SMILES string of the molecule is CCC1(SCc2ccccc2)CN([C@H]2C[C@H](O)[C@@H](C)O2)C(=O)NC1=O. The lowest BCUT2D eigenvalue weighted by Gasteiger charge is -2.42. The number of urea groups is 1. The number of hydrogen-bond acceptors (Lipinski definition) is 5. The third-order valence-electron chi connectivity index (χ3n) is 4.95. The van der Waals surface area contributed by atoms with E-state index in [9.17, 15) is 14.7 Å². The second-order valence-electron chi connectivity index (χ2n) is 6.61. The van der Waals surface area contributed by atoms with Gasteiger partial charge in [-0.1, -0.05) is 37.3 Å². The molecule has 25 heavy (non-hydrogen) atoms. The number of aliphatic hydroxyl groups excluding tert-OH is 1. The zero-order chi connectivity index (χ0) is 18.0. The summed E-state index contributed by atoms with van der Waals surface area (Å²) in [7, 11) is 0. The van der Waals surface area contributed by atoms with Crippen LogP contribution in [-0.2, 0) is 15.3 Å². The van der Waals surface area contributed by atoms with Crippen LogP contribution in [0.3, 0.4) is 0 Å². The smallest absolute Gasteiger partial charge is 0.326 e. The van der Waals surface area contributed by atoms with Crippen LogP contribution in [-0.4, -0.2) is 51.7 Å². The molecule has 7 heteroatoms. The minimum Gasteiger partial charge on any atom is -0.390 e. The molecule has 2 aliphatic heterocycles. The molecule has 3 rings (SSSR count). The average molecular weight is 364 g/mol. The normalized spacial score (nSPS) is 32.8. The van der Waals surface area contributed by atoms with E-state index in [1.54, 1.807) is 23.6 Å². The molecular formula is C18H24N2O4S. The number of aliphatic hydroxyl groups is 1. The van der Waals surface area contributed by atoms with E-state index in [2.05, 4.69) is 5.32 Å². The number of amides is 3. The summed E-state index contributed by atoms with van der Waals surface area (Å²) in [5, 5.41) is 12.4. The molecule has 0 spiro atoms. The highest BCUT2D eigenvalue weighted by Gasteiger charge is 2.49. The molecule has 0 aliphatic carbocycles. The molecule has 3 amide bonds. The van der Waals surface area contributed by atoms with Crippen molar-refractivity contribution in [3.8, 4) is 0 Å². The second-order valence-corrected chi connectivity index (χ2v) is 7.97. The van der Waals surface area contributed by atoms with Gasteiger partial charge in [0.05, 0.1) is 12.2 Å². The molecule has 1 aromatic rings. The largest absolute Gasteiger partial charge is 0.390 e. The van der Waals surface area contributed by atoms with Gasteiger partial charge in [0.2, 0.25) is 5.91 Å². The molecule has 2 aliphatic rings. The van der Waals surface area contributed by atoms with Gasteiger partial charge in [-0.3, -0.25) is 15.0 Å². The highest BCUT2D eigenvalue weighted by atomic mass is 32.2. The third kappa shape index (κ3) is 3.68. The van der Waals surface area contributed by atoms with Gasteiger partial charge in [0.1, 0.15) is 11.0 Å². The van der Waals surface area contributed by atoms with Crippen LogP contribution in [0.5, 0.6) is 0 Å². The molecule has 1 unspecified atom stereocenters. The minimum atomic E-state index is -0.718. The van der Waals surface area contributed by atoms with E-state index in [4.69, 9.17) is 4.74 Å². The van der Waals surface area contributed by atoms with E-state index in [0.29, 0.717) is 18.6 Å². The van der Waals surface area contributed by atoms with E-state index in [1.165, 1.54) is 0 Å². The fourth-order valence-electron chi connectivity index (χ4n) is 3.21. The van der Waals surface area contributed by atoms with E-state index in [0.717, 1.165) is 5.56 Å². The topological polar surface area (TPSA) is 78.9 Å². The van der Waals surface area contributed by atoms with Crippen molar-refractivity contribution in [3.63, 3.8) is 0 Å². The first-order valence-electron chi connectivity index (χ1n) is 8.58. The molecule has 2 fully saturated rings. The predicted octanol–water partition coefficient (Wildman–Crippen LogP) is 2.12. The van der Waals surface area contributed by atoms with Crippen LogP contribution >= 0.6 is 11.8 Å². The Morgan fingerprint density at radius 1 is 1.36 bits per heavy atom. The predicted molar refractivity (Wildman–Crippen MR) is 96.0 cm³/mol. The number of nitrogens with one attached hydrogen (secondary N) is 1. The maximum atomic E-state index is 12.6. The summed E-state index contributed by atoms with van der Waals surface area (Å²) in [6.45, 7) is 4.03. The maximum Gasteiger partial charge on any atom is 0.326 e. The van der Waals surface area contributed by atoms with E-state index in [1.807, 2.05) is 37.3 Å². The summed E-state index contributed by atoms with van der Waals surface area (Å²) >= 11 is 1.55. The molecule has 2 heterocycles. The summed E-state index contributed by atoms with van der Waals surface area (Å²) in [5.74, 6) is 0.443. The van der Waals surface area contributed by atoms with Crippen molar-refractivity contribution in [2.45, 2.75) is 55.6 Å². The molecule has 2 saturated heterocycles.